The van der Waals surface area contributed by atoms with Crippen molar-refractivity contribution in [1.82, 2.24) is 9.80 Å². The van der Waals surface area contributed by atoms with Crippen LogP contribution in [0.5, 0.6) is 0 Å². The molecule has 0 saturated carbocycles. The number of amides is 2. The zero-order valence-corrected chi connectivity index (χ0v) is 15.3. The van der Waals surface area contributed by atoms with Crippen molar-refractivity contribution >= 4 is 27.7 Å². The molecule has 0 bridgehead atoms. The third-order valence-corrected chi connectivity index (χ3v) is 5.04. The molecule has 1 saturated heterocycles. The number of piperazine rings is 1. The molecule has 1 aliphatic rings. The molecule has 0 aliphatic carbocycles. The lowest BCUT2D eigenvalue weighted by molar-refractivity contribution is -0.135. The van der Waals surface area contributed by atoms with Crippen LogP contribution < -0.4 is 5.73 Å². The maximum atomic E-state index is 12.5. The molecular weight excluding hydrogens is 358 g/mol. The van der Waals surface area contributed by atoms with E-state index in [1.807, 2.05) is 38.1 Å². The van der Waals surface area contributed by atoms with Gasteiger partial charge in [0.2, 0.25) is 5.91 Å². The summed E-state index contributed by atoms with van der Waals surface area (Å²) in [5.74, 6) is 0.177. The van der Waals surface area contributed by atoms with E-state index in [-0.39, 0.29) is 17.7 Å². The van der Waals surface area contributed by atoms with Crippen LogP contribution in [0.3, 0.4) is 0 Å². The summed E-state index contributed by atoms with van der Waals surface area (Å²) in [6.07, 6.45) is 0.884. The first kappa shape index (κ1) is 17.9. The van der Waals surface area contributed by atoms with E-state index in [9.17, 15) is 9.59 Å². The lowest BCUT2D eigenvalue weighted by Crippen LogP contribution is -2.55. The summed E-state index contributed by atoms with van der Waals surface area (Å²) in [6, 6.07) is 6.88. The van der Waals surface area contributed by atoms with E-state index in [2.05, 4.69) is 15.9 Å². The predicted molar refractivity (Wildman–Crippen MR) is 94.1 cm³/mol. The number of hydrogen-bond acceptors (Lipinski definition) is 3. The lowest BCUT2D eigenvalue weighted by atomic mass is 9.98. The highest BCUT2D eigenvalue weighted by Gasteiger charge is 2.29. The predicted octanol–water partition coefficient (Wildman–Crippen LogP) is 2.11. The number of benzene rings is 1. The van der Waals surface area contributed by atoms with Crippen LogP contribution in [0.15, 0.2) is 28.7 Å². The first-order valence-electron chi connectivity index (χ1n) is 8.03. The first-order valence-corrected chi connectivity index (χ1v) is 8.82. The number of carbonyl (C=O) groups excluding carboxylic acids is 2. The van der Waals surface area contributed by atoms with Crippen LogP contribution in [0.25, 0.3) is 0 Å². The number of nitrogens with two attached hydrogens (primary N) is 1. The Balaban J connectivity index is 1.92. The van der Waals surface area contributed by atoms with Crippen molar-refractivity contribution in [3.8, 4) is 0 Å². The summed E-state index contributed by atoms with van der Waals surface area (Å²) >= 11 is 3.36. The average Bonchev–Trinajstić information content (AvgIpc) is 2.60. The molecule has 2 amide bonds. The van der Waals surface area contributed by atoms with Crippen molar-refractivity contribution in [2.45, 2.75) is 26.3 Å². The Morgan fingerprint density at radius 1 is 1.13 bits per heavy atom. The molecule has 1 aromatic carbocycles. The minimum Gasteiger partial charge on any atom is -0.338 e. The van der Waals surface area contributed by atoms with E-state index in [4.69, 9.17) is 5.73 Å². The van der Waals surface area contributed by atoms with Crippen molar-refractivity contribution in [2.24, 2.45) is 11.7 Å². The molecule has 1 heterocycles. The number of rotatable bonds is 4. The van der Waals surface area contributed by atoms with Crippen molar-refractivity contribution in [1.29, 1.82) is 0 Å². The summed E-state index contributed by atoms with van der Waals surface area (Å²) < 4.78 is 0.948. The van der Waals surface area contributed by atoms with E-state index in [1.54, 1.807) is 9.80 Å². The quantitative estimate of drug-likeness (QED) is 0.868. The molecule has 5 nitrogen and oxygen atoms in total. The van der Waals surface area contributed by atoms with Crippen molar-refractivity contribution in [3.05, 3.63) is 34.3 Å². The fourth-order valence-electron chi connectivity index (χ4n) is 2.61. The Labute approximate surface area is 145 Å². The monoisotopic (exact) mass is 381 g/mol. The zero-order chi connectivity index (χ0) is 17.0. The van der Waals surface area contributed by atoms with Gasteiger partial charge < -0.3 is 15.5 Å². The van der Waals surface area contributed by atoms with Gasteiger partial charge in [-0.25, -0.2) is 0 Å². The molecule has 1 aliphatic heterocycles. The number of carbonyl (C=O) groups is 2. The van der Waals surface area contributed by atoms with Gasteiger partial charge in [-0.3, -0.25) is 9.59 Å². The topological polar surface area (TPSA) is 66.6 Å². The second-order valence-corrected chi connectivity index (χ2v) is 6.95. The van der Waals surface area contributed by atoms with Gasteiger partial charge in [0.1, 0.15) is 0 Å². The van der Waals surface area contributed by atoms with Crippen LogP contribution >= 0.6 is 15.9 Å². The number of hydrogen-bond donors (Lipinski definition) is 1. The largest absolute Gasteiger partial charge is 0.338 e. The Morgan fingerprint density at radius 3 is 2.17 bits per heavy atom. The molecule has 23 heavy (non-hydrogen) atoms. The molecule has 6 heteroatoms. The Bertz CT molecular complexity index is 553. The van der Waals surface area contributed by atoms with Crippen LogP contribution in [0, 0.1) is 5.92 Å². The van der Waals surface area contributed by atoms with Crippen LogP contribution in [0.1, 0.15) is 30.6 Å². The summed E-state index contributed by atoms with van der Waals surface area (Å²) in [5.41, 5.74) is 6.70. The summed E-state index contributed by atoms with van der Waals surface area (Å²) in [5, 5.41) is 0. The number of nitrogens with zero attached hydrogens (tertiary/aromatic N) is 2. The van der Waals surface area contributed by atoms with E-state index in [0.29, 0.717) is 31.7 Å². The molecule has 2 rings (SSSR count). The summed E-state index contributed by atoms with van der Waals surface area (Å²) in [4.78, 5) is 28.4. The minimum absolute atomic E-state index is 0.00455. The van der Waals surface area contributed by atoms with E-state index in [1.165, 1.54) is 0 Å². The molecule has 0 spiro atoms. The normalized spacial score (nSPS) is 17.7. The van der Waals surface area contributed by atoms with Gasteiger partial charge >= 0.3 is 0 Å². The van der Waals surface area contributed by atoms with Gasteiger partial charge in [-0.1, -0.05) is 36.2 Å². The second-order valence-electron chi connectivity index (χ2n) is 6.04. The van der Waals surface area contributed by atoms with E-state index >= 15 is 0 Å². The molecule has 2 unspecified atom stereocenters. The lowest BCUT2D eigenvalue weighted by Gasteiger charge is -2.36. The van der Waals surface area contributed by atoms with Gasteiger partial charge in [0.05, 0.1) is 6.04 Å². The van der Waals surface area contributed by atoms with Crippen LogP contribution in [-0.2, 0) is 4.79 Å². The van der Waals surface area contributed by atoms with Gasteiger partial charge in [0.25, 0.3) is 5.91 Å². The molecule has 0 radical (unpaired) electrons. The molecule has 2 N–H and O–H groups in total. The average molecular weight is 382 g/mol. The summed E-state index contributed by atoms with van der Waals surface area (Å²) in [6.45, 7) is 6.22. The number of halogens is 1. The highest BCUT2D eigenvalue weighted by molar-refractivity contribution is 9.10. The molecule has 0 aromatic heterocycles. The third-order valence-electron chi connectivity index (χ3n) is 4.51. The molecule has 2 atom stereocenters. The summed E-state index contributed by atoms with van der Waals surface area (Å²) in [7, 11) is 0. The molecule has 126 valence electrons. The maximum absolute atomic E-state index is 12.5. The SMILES string of the molecule is CCC(C)C(N)C(=O)N1CCN(C(=O)c2ccc(Br)cc2)CC1. The Kier molecular flexibility index (Phi) is 6.18. The van der Waals surface area contributed by atoms with Crippen LogP contribution in [0.2, 0.25) is 0 Å². The van der Waals surface area contributed by atoms with E-state index < -0.39 is 6.04 Å². The smallest absolute Gasteiger partial charge is 0.253 e. The fraction of sp³-hybridized carbons (Fsp3) is 0.529. The van der Waals surface area contributed by atoms with Crippen LogP contribution in [0.4, 0.5) is 0 Å². The third kappa shape index (κ3) is 4.32. The van der Waals surface area contributed by atoms with Crippen molar-refractivity contribution < 1.29 is 9.59 Å². The molecule has 1 fully saturated rings. The van der Waals surface area contributed by atoms with Gasteiger partial charge in [0.15, 0.2) is 0 Å². The van der Waals surface area contributed by atoms with Crippen molar-refractivity contribution in [3.63, 3.8) is 0 Å². The van der Waals surface area contributed by atoms with Crippen LogP contribution in [-0.4, -0.2) is 53.8 Å². The highest BCUT2D eigenvalue weighted by Crippen LogP contribution is 2.15. The van der Waals surface area contributed by atoms with Gasteiger partial charge in [-0.15, -0.1) is 0 Å². The Hall–Kier alpha value is -1.40. The molecule has 1 aromatic rings. The minimum atomic E-state index is -0.450. The van der Waals surface area contributed by atoms with E-state index in [0.717, 1.165) is 10.9 Å². The van der Waals surface area contributed by atoms with Crippen molar-refractivity contribution in [2.75, 3.05) is 26.2 Å². The Morgan fingerprint density at radius 2 is 1.65 bits per heavy atom. The standard InChI is InChI=1S/C17H24BrN3O2/c1-3-12(2)15(19)17(23)21-10-8-20(9-11-21)16(22)13-4-6-14(18)7-5-13/h4-7,12,15H,3,8-11,19H2,1-2H3. The van der Waals surface area contributed by atoms with Gasteiger partial charge in [-0.05, 0) is 30.2 Å². The maximum Gasteiger partial charge on any atom is 0.253 e. The van der Waals surface area contributed by atoms with Gasteiger partial charge in [0, 0.05) is 36.2 Å². The first-order chi connectivity index (χ1) is 10.9. The highest BCUT2D eigenvalue weighted by atomic mass is 79.9. The fourth-order valence-corrected chi connectivity index (χ4v) is 2.88. The van der Waals surface area contributed by atoms with Gasteiger partial charge in [-0.2, -0.15) is 0 Å². The second kappa shape index (κ2) is 7.93. The zero-order valence-electron chi connectivity index (χ0n) is 13.7. The molecular formula is C17H24BrN3O2.